The first-order valence-corrected chi connectivity index (χ1v) is 6.89. The fourth-order valence-electron chi connectivity index (χ4n) is 2.75. The Kier molecular flexibility index (Phi) is 5.17. The van der Waals surface area contributed by atoms with Crippen molar-refractivity contribution in [2.45, 2.75) is 25.7 Å². The van der Waals surface area contributed by atoms with Crippen LogP contribution in [0.15, 0.2) is 12.1 Å². The molecule has 3 nitrogen and oxygen atoms in total. The molecule has 0 bridgehead atoms. The summed E-state index contributed by atoms with van der Waals surface area (Å²) >= 11 is 0. The number of nitrogens with one attached hydrogen (secondary N) is 1. The van der Waals surface area contributed by atoms with Gasteiger partial charge >= 0.3 is 0 Å². The van der Waals surface area contributed by atoms with Crippen LogP contribution in [-0.4, -0.2) is 27.3 Å². The molecule has 0 aliphatic carbocycles. The van der Waals surface area contributed by atoms with Crippen molar-refractivity contribution < 1.29 is 18.3 Å². The summed E-state index contributed by atoms with van der Waals surface area (Å²) in [5.41, 5.74) is 0.789. The van der Waals surface area contributed by atoms with E-state index >= 15 is 0 Å². The monoisotopic (exact) mass is 285 g/mol. The lowest BCUT2D eigenvalue weighted by molar-refractivity contribution is 0.150. The normalized spacial score (nSPS) is 19.1. The molecule has 112 valence electrons. The van der Waals surface area contributed by atoms with E-state index in [1.807, 2.05) is 0 Å². The van der Waals surface area contributed by atoms with E-state index in [0.29, 0.717) is 17.4 Å². The van der Waals surface area contributed by atoms with Crippen LogP contribution in [-0.2, 0) is 6.42 Å². The van der Waals surface area contributed by atoms with Gasteiger partial charge < -0.3 is 14.8 Å². The zero-order valence-corrected chi connectivity index (χ0v) is 11.9. The highest BCUT2D eigenvalue weighted by atomic mass is 19.3. The number of methoxy groups -OCH3 is 2. The molecule has 5 heteroatoms. The van der Waals surface area contributed by atoms with Crippen LogP contribution in [0.3, 0.4) is 0 Å². The summed E-state index contributed by atoms with van der Waals surface area (Å²) in [7, 11) is 3.02. The van der Waals surface area contributed by atoms with Crippen LogP contribution < -0.4 is 14.8 Å². The van der Waals surface area contributed by atoms with Crippen molar-refractivity contribution in [2.24, 2.45) is 5.92 Å². The van der Waals surface area contributed by atoms with Gasteiger partial charge in [-0.25, -0.2) is 8.78 Å². The summed E-state index contributed by atoms with van der Waals surface area (Å²) in [4.78, 5) is 0. The fourth-order valence-corrected chi connectivity index (χ4v) is 2.75. The summed E-state index contributed by atoms with van der Waals surface area (Å²) < 4.78 is 36.5. The van der Waals surface area contributed by atoms with Gasteiger partial charge in [0, 0.05) is 5.56 Å². The lowest BCUT2D eigenvalue weighted by Crippen LogP contribution is -2.30. The van der Waals surface area contributed by atoms with E-state index in [2.05, 4.69) is 5.32 Å². The van der Waals surface area contributed by atoms with Gasteiger partial charge in [0.15, 0.2) is 11.5 Å². The molecule has 20 heavy (non-hydrogen) atoms. The maximum Gasteiger partial charge on any atom is 0.263 e. The van der Waals surface area contributed by atoms with Crippen molar-refractivity contribution in [3.05, 3.63) is 23.3 Å². The van der Waals surface area contributed by atoms with Crippen LogP contribution >= 0.6 is 0 Å². The van der Waals surface area contributed by atoms with Crippen LogP contribution in [0.4, 0.5) is 8.78 Å². The molecule has 1 saturated heterocycles. The Bertz CT molecular complexity index is 446. The van der Waals surface area contributed by atoms with Crippen LogP contribution in [0.1, 0.15) is 30.4 Å². The van der Waals surface area contributed by atoms with Gasteiger partial charge in [-0.1, -0.05) is 0 Å². The second-order valence-electron chi connectivity index (χ2n) is 5.13. The van der Waals surface area contributed by atoms with Crippen molar-refractivity contribution in [3.8, 4) is 11.5 Å². The van der Waals surface area contributed by atoms with E-state index in [1.165, 1.54) is 13.2 Å². The first kappa shape index (κ1) is 15.0. The number of halogens is 2. The van der Waals surface area contributed by atoms with Gasteiger partial charge in [0.2, 0.25) is 0 Å². The Labute approximate surface area is 118 Å². The van der Waals surface area contributed by atoms with Gasteiger partial charge in [0.1, 0.15) is 0 Å². The minimum atomic E-state index is -2.50. The summed E-state index contributed by atoms with van der Waals surface area (Å²) in [5.74, 6) is 1.40. The van der Waals surface area contributed by atoms with Crippen molar-refractivity contribution >= 4 is 0 Å². The molecule has 0 spiro atoms. The molecule has 0 aromatic heterocycles. The second kappa shape index (κ2) is 6.88. The molecule has 1 unspecified atom stereocenters. The summed E-state index contributed by atoms with van der Waals surface area (Å²) in [6.45, 7) is 1.96. The number of ether oxygens (including phenoxy) is 2. The first-order chi connectivity index (χ1) is 9.65. The smallest absolute Gasteiger partial charge is 0.263 e. The molecule has 0 amide bonds. The molecule has 2 rings (SSSR count). The number of rotatable bonds is 5. The highest BCUT2D eigenvalue weighted by molar-refractivity contribution is 5.50. The standard InChI is InChI=1S/C15H21F2NO2/c1-19-13-8-12(15(16)17)7-11(14(13)20-2)6-10-4-3-5-18-9-10/h7-8,10,15,18H,3-6,9H2,1-2H3. The molecule has 0 saturated carbocycles. The average molecular weight is 285 g/mol. The maximum atomic E-state index is 13.0. The van der Waals surface area contributed by atoms with Crippen LogP contribution in [0.5, 0.6) is 11.5 Å². The van der Waals surface area contributed by atoms with Crippen LogP contribution in [0, 0.1) is 5.92 Å². The number of benzene rings is 1. The minimum Gasteiger partial charge on any atom is -0.493 e. The fraction of sp³-hybridized carbons (Fsp3) is 0.600. The predicted molar refractivity (Wildman–Crippen MR) is 73.8 cm³/mol. The van der Waals surface area contributed by atoms with Gasteiger partial charge in [-0.3, -0.25) is 0 Å². The third-order valence-electron chi connectivity index (χ3n) is 3.74. The highest BCUT2D eigenvalue weighted by Crippen LogP contribution is 2.37. The van der Waals surface area contributed by atoms with Gasteiger partial charge in [0.25, 0.3) is 6.43 Å². The van der Waals surface area contributed by atoms with Gasteiger partial charge in [-0.2, -0.15) is 0 Å². The Morgan fingerprint density at radius 1 is 1.30 bits per heavy atom. The Hall–Kier alpha value is -1.36. The van der Waals surface area contributed by atoms with Crippen molar-refractivity contribution in [1.82, 2.24) is 5.32 Å². The molecular formula is C15H21F2NO2. The topological polar surface area (TPSA) is 30.5 Å². The number of piperidine rings is 1. The summed E-state index contributed by atoms with van der Waals surface area (Å²) in [5, 5.41) is 3.34. The molecule has 0 radical (unpaired) electrons. The van der Waals surface area contributed by atoms with E-state index in [-0.39, 0.29) is 5.56 Å². The number of hydrogen-bond donors (Lipinski definition) is 1. The molecule has 1 aliphatic rings. The minimum absolute atomic E-state index is 0.0126. The average Bonchev–Trinajstić information content (AvgIpc) is 2.47. The SMILES string of the molecule is COc1cc(C(F)F)cc(CC2CCCNC2)c1OC. The molecular weight excluding hydrogens is 264 g/mol. The summed E-state index contributed by atoms with van der Waals surface area (Å²) in [6.07, 6.45) is 0.460. The van der Waals surface area contributed by atoms with Gasteiger partial charge in [-0.05, 0) is 56.0 Å². The molecule has 1 aromatic carbocycles. The van der Waals surface area contributed by atoms with Gasteiger partial charge in [0.05, 0.1) is 14.2 Å². The molecule has 1 heterocycles. The lowest BCUT2D eigenvalue weighted by atomic mass is 9.91. The zero-order chi connectivity index (χ0) is 14.5. The molecule has 1 aromatic rings. The maximum absolute atomic E-state index is 13.0. The molecule has 1 aliphatic heterocycles. The van der Waals surface area contributed by atoms with Crippen molar-refractivity contribution in [2.75, 3.05) is 27.3 Å². The lowest BCUT2D eigenvalue weighted by Gasteiger charge is -2.24. The van der Waals surface area contributed by atoms with E-state index in [4.69, 9.17) is 9.47 Å². The number of alkyl halides is 2. The van der Waals surface area contributed by atoms with Crippen LogP contribution in [0.25, 0.3) is 0 Å². The Morgan fingerprint density at radius 2 is 2.10 bits per heavy atom. The third-order valence-corrected chi connectivity index (χ3v) is 3.74. The van der Waals surface area contributed by atoms with Crippen molar-refractivity contribution in [1.29, 1.82) is 0 Å². The largest absolute Gasteiger partial charge is 0.493 e. The third kappa shape index (κ3) is 3.39. The highest BCUT2D eigenvalue weighted by Gasteiger charge is 2.21. The van der Waals surface area contributed by atoms with Gasteiger partial charge in [-0.15, -0.1) is 0 Å². The molecule has 1 atom stereocenters. The van der Waals surface area contributed by atoms with E-state index in [0.717, 1.165) is 37.9 Å². The predicted octanol–water partition coefficient (Wildman–Crippen LogP) is 3.18. The second-order valence-corrected chi connectivity index (χ2v) is 5.13. The Balaban J connectivity index is 2.29. The van der Waals surface area contributed by atoms with E-state index in [1.54, 1.807) is 13.2 Å². The van der Waals surface area contributed by atoms with Crippen LogP contribution in [0.2, 0.25) is 0 Å². The Morgan fingerprint density at radius 3 is 2.65 bits per heavy atom. The van der Waals surface area contributed by atoms with Crippen molar-refractivity contribution in [3.63, 3.8) is 0 Å². The first-order valence-electron chi connectivity index (χ1n) is 6.89. The molecule has 1 N–H and O–H groups in total. The summed E-state index contributed by atoms with van der Waals surface area (Å²) in [6, 6.07) is 2.90. The number of hydrogen-bond acceptors (Lipinski definition) is 3. The van der Waals surface area contributed by atoms with E-state index in [9.17, 15) is 8.78 Å². The van der Waals surface area contributed by atoms with E-state index < -0.39 is 6.43 Å². The molecule has 1 fully saturated rings. The zero-order valence-electron chi connectivity index (χ0n) is 11.9. The quantitative estimate of drug-likeness (QED) is 0.901.